The molecule has 2 heterocycles. The van der Waals surface area contributed by atoms with Crippen molar-refractivity contribution in [2.24, 2.45) is 0 Å². The van der Waals surface area contributed by atoms with Crippen LogP contribution in [0, 0.1) is 0 Å². The SMILES string of the molecule is CCCc1cn2c(n1)CCC2. The van der Waals surface area contributed by atoms with Gasteiger partial charge in [-0.3, -0.25) is 0 Å². The highest BCUT2D eigenvalue weighted by Gasteiger charge is 2.12. The Morgan fingerprint density at radius 3 is 3.27 bits per heavy atom. The van der Waals surface area contributed by atoms with Gasteiger partial charge in [-0.2, -0.15) is 0 Å². The quantitative estimate of drug-likeness (QED) is 0.628. The first kappa shape index (κ1) is 6.89. The minimum Gasteiger partial charge on any atom is -0.335 e. The minimum atomic E-state index is 1.14. The maximum absolute atomic E-state index is 4.54. The Labute approximate surface area is 67.3 Å². The van der Waals surface area contributed by atoms with E-state index >= 15 is 0 Å². The first-order valence-electron chi connectivity index (χ1n) is 4.45. The van der Waals surface area contributed by atoms with Crippen LogP contribution in [0.5, 0.6) is 0 Å². The molecule has 0 bridgehead atoms. The topological polar surface area (TPSA) is 17.8 Å². The third kappa shape index (κ3) is 1.17. The molecule has 2 heteroatoms. The molecule has 0 atom stereocenters. The van der Waals surface area contributed by atoms with Crippen molar-refractivity contribution in [2.75, 3.05) is 0 Å². The summed E-state index contributed by atoms with van der Waals surface area (Å²) in [4.78, 5) is 4.54. The average molecular weight is 150 g/mol. The van der Waals surface area contributed by atoms with Crippen molar-refractivity contribution in [1.82, 2.24) is 9.55 Å². The molecule has 0 spiro atoms. The van der Waals surface area contributed by atoms with Gasteiger partial charge in [0.2, 0.25) is 0 Å². The molecule has 2 nitrogen and oxygen atoms in total. The van der Waals surface area contributed by atoms with Gasteiger partial charge in [-0.05, 0) is 12.8 Å². The van der Waals surface area contributed by atoms with E-state index in [-0.39, 0.29) is 0 Å². The second-order valence-electron chi connectivity index (χ2n) is 3.20. The summed E-state index contributed by atoms with van der Waals surface area (Å²) in [6, 6.07) is 0. The van der Waals surface area contributed by atoms with E-state index in [0.29, 0.717) is 0 Å². The molecule has 0 radical (unpaired) electrons. The Morgan fingerprint density at radius 2 is 2.55 bits per heavy atom. The number of hydrogen-bond acceptors (Lipinski definition) is 1. The molecule has 1 aromatic rings. The van der Waals surface area contributed by atoms with Crippen LogP contribution in [0.4, 0.5) is 0 Å². The number of aryl methyl sites for hydroxylation is 3. The summed E-state index contributed by atoms with van der Waals surface area (Å²) in [6.45, 7) is 3.39. The lowest BCUT2D eigenvalue weighted by Crippen LogP contribution is -1.87. The highest BCUT2D eigenvalue weighted by Crippen LogP contribution is 2.14. The standard InChI is InChI=1S/C9H14N2/c1-2-4-8-7-11-6-3-5-9(11)10-8/h7H,2-6H2,1H3. The average Bonchev–Trinajstić information content (AvgIpc) is 2.46. The zero-order valence-corrected chi connectivity index (χ0v) is 7.01. The lowest BCUT2D eigenvalue weighted by atomic mass is 10.3. The van der Waals surface area contributed by atoms with Gasteiger partial charge in [-0.1, -0.05) is 13.3 Å². The van der Waals surface area contributed by atoms with E-state index in [0.717, 1.165) is 6.42 Å². The Bertz CT molecular complexity index is 229. The van der Waals surface area contributed by atoms with Crippen LogP contribution in [0.1, 0.15) is 31.3 Å². The first-order chi connectivity index (χ1) is 5.40. The molecule has 0 saturated carbocycles. The second-order valence-corrected chi connectivity index (χ2v) is 3.20. The van der Waals surface area contributed by atoms with Gasteiger partial charge in [0.15, 0.2) is 0 Å². The Balaban J connectivity index is 2.20. The highest BCUT2D eigenvalue weighted by atomic mass is 15.1. The zero-order valence-electron chi connectivity index (χ0n) is 7.01. The molecule has 2 rings (SSSR count). The molecule has 0 N–H and O–H groups in total. The zero-order chi connectivity index (χ0) is 7.68. The van der Waals surface area contributed by atoms with Gasteiger partial charge in [0.05, 0.1) is 5.69 Å². The van der Waals surface area contributed by atoms with E-state index < -0.39 is 0 Å². The van der Waals surface area contributed by atoms with Crippen LogP contribution in [0.25, 0.3) is 0 Å². The number of aromatic nitrogens is 2. The Hall–Kier alpha value is -0.790. The fraction of sp³-hybridized carbons (Fsp3) is 0.667. The minimum absolute atomic E-state index is 1.14. The van der Waals surface area contributed by atoms with Crippen molar-refractivity contribution in [3.63, 3.8) is 0 Å². The number of hydrogen-bond donors (Lipinski definition) is 0. The molecular formula is C9H14N2. The number of imidazole rings is 1. The fourth-order valence-corrected chi connectivity index (χ4v) is 1.69. The molecule has 1 aliphatic heterocycles. The van der Waals surface area contributed by atoms with Gasteiger partial charge in [0, 0.05) is 19.2 Å². The van der Waals surface area contributed by atoms with Crippen molar-refractivity contribution in [2.45, 2.75) is 39.2 Å². The van der Waals surface area contributed by atoms with E-state index in [4.69, 9.17) is 0 Å². The molecular weight excluding hydrogens is 136 g/mol. The van der Waals surface area contributed by atoms with Crippen molar-refractivity contribution in [3.8, 4) is 0 Å². The summed E-state index contributed by atoms with van der Waals surface area (Å²) < 4.78 is 2.30. The molecule has 0 aromatic carbocycles. The van der Waals surface area contributed by atoms with E-state index in [1.165, 1.54) is 37.3 Å². The Kier molecular flexibility index (Phi) is 1.68. The lowest BCUT2D eigenvalue weighted by molar-refractivity contribution is 0.744. The van der Waals surface area contributed by atoms with Crippen molar-refractivity contribution >= 4 is 0 Å². The van der Waals surface area contributed by atoms with Crippen LogP contribution in [0.2, 0.25) is 0 Å². The Morgan fingerprint density at radius 1 is 1.64 bits per heavy atom. The highest BCUT2D eigenvalue weighted by molar-refractivity contribution is 5.07. The van der Waals surface area contributed by atoms with Gasteiger partial charge in [0.1, 0.15) is 5.82 Å². The largest absolute Gasteiger partial charge is 0.335 e. The van der Waals surface area contributed by atoms with Crippen molar-refractivity contribution in [1.29, 1.82) is 0 Å². The molecule has 0 saturated heterocycles. The molecule has 0 unspecified atom stereocenters. The van der Waals surface area contributed by atoms with Gasteiger partial charge >= 0.3 is 0 Å². The smallest absolute Gasteiger partial charge is 0.109 e. The molecule has 0 fully saturated rings. The van der Waals surface area contributed by atoms with Gasteiger partial charge in [0.25, 0.3) is 0 Å². The maximum Gasteiger partial charge on any atom is 0.109 e. The van der Waals surface area contributed by atoms with Gasteiger partial charge < -0.3 is 4.57 Å². The van der Waals surface area contributed by atoms with Gasteiger partial charge in [-0.15, -0.1) is 0 Å². The second kappa shape index (κ2) is 2.68. The first-order valence-corrected chi connectivity index (χ1v) is 4.45. The van der Waals surface area contributed by atoms with E-state index in [2.05, 4.69) is 22.7 Å². The summed E-state index contributed by atoms with van der Waals surface area (Å²) in [6.07, 6.45) is 7.03. The fourth-order valence-electron chi connectivity index (χ4n) is 1.69. The van der Waals surface area contributed by atoms with E-state index in [1.54, 1.807) is 0 Å². The van der Waals surface area contributed by atoms with Crippen LogP contribution < -0.4 is 0 Å². The van der Waals surface area contributed by atoms with Crippen LogP contribution in [0.15, 0.2) is 6.20 Å². The van der Waals surface area contributed by atoms with Crippen molar-refractivity contribution < 1.29 is 0 Å². The maximum atomic E-state index is 4.54. The normalized spacial score (nSPS) is 15.4. The van der Waals surface area contributed by atoms with Crippen LogP contribution in [-0.2, 0) is 19.4 Å². The molecule has 0 amide bonds. The number of rotatable bonds is 2. The predicted molar refractivity (Wildman–Crippen MR) is 44.5 cm³/mol. The van der Waals surface area contributed by atoms with E-state index in [9.17, 15) is 0 Å². The van der Waals surface area contributed by atoms with Crippen LogP contribution in [0.3, 0.4) is 0 Å². The molecule has 0 aliphatic carbocycles. The summed E-state index contributed by atoms with van der Waals surface area (Å²) in [5.74, 6) is 1.30. The summed E-state index contributed by atoms with van der Waals surface area (Å²) in [5.41, 5.74) is 1.28. The number of fused-ring (bicyclic) bond motifs is 1. The van der Waals surface area contributed by atoms with Crippen LogP contribution >= 0.6 is 0 Å². The summed E-state index contributed by atoms with van der Waals surface area (Å²) in [5, 5.41) is 0. The lowest BCUT2D eigenvalue weighted by Gasteiger charge is -1.90. The van der Waals surface area contributed by atoms with Crippen LogP contribution in [-0.4, -0.2) is 9.55 Å². The molecule has 11 heavy (non-hydrogen) atoms. The monoisotopic (exact) mass is 150 g/mol. The predicted octanol–water partition coefficient (Wildman–Crippen LogP) is 1.78. The van der Waals surface area contributed by atoms with Crippen molar-refractivity contribution in [3.05, 3.63) is 17.7 Å². The summed E-state index contributed by atoms with van der Waals surface area (Å²) in [7, 11) is 0. The summed E-state index contributed by atoms with van der Waals surface area (Å²) >= 11 is 0. The number of nitrogens with zero attached hydrogens (tertiary/aromatic N) is 2. The molecule has 60 valence electrons. The third-order valence-electron chi connectivity index (χ3n) is 2.21. The van der Waals surface area contributed by atoms with E-state index in [1.807, 2.05) is 0 Å². The third-order valence-corrected chi connectivity index (χ3v) is 2.21. The molecule has 1 aliphatic rings. The molecule has 1 aromatic heterocycles. The van der Waals surface area contributed by atoms with Gasteiger partial charge in [-0.25, -0.2) is 4.98 Å².